The van der Waals surface area contributed by atoms with E-state index in [1.165, 1.54) is 45.0 Å². The molecule has 7 aromatic rings. The van der Waals surface area contributed by atoms with Crippen molar-refractivity contribution < 1.29 is 136 Å². The number of fused-ring (bicyclic) bond motifs is 5. The molecule has 11 N–H and O–H groups in total. The summed E-state index contributed by atoms with van der Waals surface area (Å²) in [6, 6.07) is 18.2. The van der Waals surface area contributed by atoms with E-state index >= 15 is 0 Å². The summed E-state index contributed by atoms with van der Waals surface area (Å²) < 4.78 is 49.8. The Morgan fingerprint density at radius 3 is 1.05 bits per heavy atom. The number of hydrogen-bond acceptors (Lipinski definition) is 32. The third kappa shape index (κ3) is 43.8. The van der Waals surface area contributed by atoms with Gasteiger partial charge in [-0.2, -0.15) is 5.26 Å². The Hall–Kier alpha value is -11.0. The Labute approximate surface area is 915 Å². The maximum Gasteiger partial charge on any atom is 1.00 e. The number of esters is 2. The predicted molar refractivity (Wildman–Crippen MR) is 567 cm³/mol. The number of nitrogens with two attached hydrogens (primary N) is 1. The monoisotopic (exact) mass is 2370 g/mol. The molecule has 5 aliphatic rings. The van der Waals surface area contributed by atoms with Crippen molar-refractivity contribution in [3.05, 3.63) is 138 Å². The third-order valence-electron chi connectivity index (χ3n) is 19.2. The molecule has 807 valence electrons. The second-order valence-corrected chi connectivity index (χ2v) is 38.3. The molecule has 5 aromatic heterocycles. The van der Waals surface area contributed by atoms with Gasteiger partial charge in [-0.1, -0.05) is 82.9 Å². The van der Waals surface area contributed by atoms with Crippen LogP contribution in [0.4, 0.5) is 24.0 Å². The first kappa shape index (κ1) is 139. The number of aromatic carboxylic acids is 1. The van der Waals surface area contributed by atoms with Crippen LogP contribution in [-0.4, -0.2) is 300 Å². The van der Waals surface area contributed by atoms with E-state index in [1.807, 2.05) is 117 Å². The number of nitrogens with zero attached hydrogens (tertiary/aromatic N) is 17. The minimum atomic E-state index is -1.34. The zero-order valence-corrected chi connectivity index (χ0v) is 93.0. The number of methoxy groups -OCH3 is 2. The number of nitriles is 1. The van der Waals surface area contributed by atoms with E-state index in [1.54, 1.807) is 125 Å². The van der Waals surface area contributed by atoms with Gasteiger partial charge in [0.15, 0.2) is 42.7 Å². The fourth-order valence-corrected chi connectivity index (χ4v) is 14.5. The van der Waals surface area contributed by atoms with E-state index in [-0.39, 0.29) is 157 Å². The quantitative estimate of drug-likeness (QED) is 0.0183. The van der Waals surface area contributed by atoms with Crippen LogP contribution in [0.3, 0.4) is 0 Å². The van der Waals surface area contributed by atoms with Gasteiger partial charge in [-0.05, 0) is 178 Å². The molecule has 0 unspecified atom stereocenters. The van der Waals surface area contributed by atoms with Crippen molar-refractivity contribution in [3.8, 4) is 17.5 Å². The molecule has 47 nitrogen and oxygen atoms in total. The molecule has 12 rings (SSSR count). The number of hydrogen-bond donors (Lipinski definition) is 10. The zero-order valence-electron chi connectivity index (χ0n) is 85.0. The number of nitrogens with one attached hydrogen (secondary N) is 5. The maximum atomic E-state index is 13.0. The van der Waals surface area contributed by atoms with Gasteiger partial charge in [-0.15, -0.1) is 24.0 Å². The molecule has 146 heavy (non-hydrogen) atoms. The minimum absolute atomic E-state index is 0. The number of amides is 10. The number of ether oxygens (including phenoxy) is 7. The molecule has 10 amide bonds. The molecule has 10 heterocycles. The molecule has 3 atom stereocenters. The third-order valence-corrected chi connectivity index (χ3v) is 21.0. The van der Waals surface area contributed by atoms with E-state index in [2.05, 4.69) is 129 Å². The summed E-state index contributed by atoms with van der Waals surface area (Å²) in [5.74, 6) is -3.14. The van der Waals surface area contributed by atoms with Crippen LogP contribution >= 0.6 is 84.6 Å². The van der Waals surface area contributed by atoms with Gasteiger partial charge in [-0.25, -0.2) is 63.3 Å². The van der Waals surface area contributed by atoms with Crippen LogP contribution in [0, 0.1) is 11.3 Å². The standard InChI is InChI=1S/C22H29N5O4.C16H24BrN5O4.C13H18BrN3O4.C13H19N3O4.C12H16BrN3O4.C6H7BO2.C4H10N2O.C2H3N.3CH4.BHNS.HI.Li.H2O.H2/c1-14(19(28)23-5)24-20(29)17-16-13-26(21(30)31-22(2,3)4)11-12-27(16)18(25-17)15-9-7-6-8-10-15;1-9(12(23)18-5)19-13(24)11-10-8-21(15(25)26-16(2,3)4)6-7-22(10)14(17)20-11;1-13(2,3)21-12(19)16-5-6-17-8(7-16)9(10(18)20-4)15-11(17)14;1-13(2,3)20-12(18)15-5-6-16-8-14-10(9(16)7-15)11(17)19-4;1-12(2,3)20-11(19)15-4-5-16-7(6-15)8(9(17)18)14-10(16)13;8-7(9)6-4-2-1-3-5-6;1-3(5)4(7)6-2;1-2-3;;;;1-2-3;;;;/h6-10,14H,11-13H2,1-5H3,(H,23,28)(H,24,29);9H,6-8H2,1-5H3,(H,18,23)(H,19,24);5-7H2,1-4H3;8H,5-7H2,1-4H3;4-6H2,1-3H3,(H,17,18);1-5,8-9H;3H,5H2,1-2H3,(H,6,7);1H3;3*1H4;3H;1H;;1H2;1H/q;;;;;;;;;;;;;+1;;/p-1/t14-;9-;;;;;3-;;;;;;;;;/m00....0........./s1. The molecule has 1 radical (unpaired) electrons. The number of aromatic nitrogens is 10. The van der Waals surface area contributed by atoms with Crippen molar-refractivity contribution in [2.75, 3.05) is 68.1 Å². The second kappa shape index (κ2) is 63.6. The number of benzene rings is 2. The van der Waals surface area contributed by atoms with E-state index in [9.17, 15) is 62.3 Å². The SMILES string of the molecule is C.C.C.CC#N.CC(C)(C)OC(=O)N1CCn2c(Br)nc(C(=O)O)c2C1.CNC(=O)[C@H](C)N.CNC(=O)[C@H](C)NC(=O)c1nc(-c2ccccc2)n2c1CN(C(=O)OC(C)(C)C)CC2.CNC(=O)[C@H](C)NC(=O)c1nc(Br)n2c1CN(C(=O)OC(C)(C)C)CC2.COC(=O)c1nc(Br)n2c1CN(C(=O)OC(C)(C)C)CC2.COC(=O)c1ncn2c1CN(C(=O)OC(C)(C)C)CC2.I.OB(O)c1ccccc1.[B]=NS.[HH].[Li+].[OH-]. The van der Waals surface area contributed by atoms with Crippen molar-refractivity contribution in [2.45, 2.75) is 265 Å². The van der Waals surface area contributed by atoms with Crippen LogP contribution in [0.1, 0.15) is 236 Å². The smallest absolute Gasteiger partial charge is 0.870 e. The molecule has 0 fully saturated rings. The molecular formula is C91H143B2Br3ILiN23O24S. The molecule has 0 saturated heterocycles. The van der Waals surface area contributed by atoms with Crippen molar-refractivity contribution in [2.24, 2.45) is 10.0 Å². The molecule has 0 spiro atoms. The summed E-state index contributed by atoms with van der Waals surface area (Å²) in [6.07, 6.45) is -0.522. The number of carboxylic acids is 1. The van der Waals surface area contributed by atoms with Crippen LogP contribution < -0.4 is 56.6 Å². The van der Waals surface area contributed by atoms with Gasteiger partial charge in [0.05, 0.1) is 93.9 Å². The Kier molecular flexibility index (Phi) is 60.6. The summed E-state index contributed by atoms with van der Waals surface area (Å²) >= 11 is 13.1. The molecule has 2 aromatic carbocycles. The van der Waals surface area contributed by atoms with Crippen LogP contribution in [0.25, 0.3) is 11.4 Å². The van der Waals surface area contributed by atoms with Gasteiger partial charge in [0.25, 0.3) is 11.8 Å². The number of rotatable bonds is 12. The molecule has 55 heteroatoms. The van der Waals surface area contributed by atoms with Crippen LogP contribution in [0.2, 0.25) is 0 Å². The molecule has 0 saturated carbocycles. The normalized spacial score (nSPS) is 13.2. The average molecular weight is 2370 g/mol. The molecule has 0 aliphatic carbocycles. The van der Waals surface area contributed by atoms with Gasteiger partial charge in [0, 0.05) is 101 Å². The Bertz CT molecular complexity index is 5530. The Balaban J connectivity index is -0.000000821. The van der Waals surface area contributed by atoms with Gasteiger partial charge < -0.3 is 133 Å². The predicted octanol–water partition coefficient (Wildman–Crippen LogP) is 7.88. The number of likely N-dealkylation sites (N-methyl/N-ethyl adjacent to an activating group) is 3. The summed E-state index contributed by atoms with van der Waals surface area (Å²) in [7, 11) is 10.2. The summed E-state index contributed by atoms with van der Waals surface area (Å²) in [4.78, 5) is 184. The fraction of sp³-hybridized carbons (Fsp3) is 0.549. The van der Waals surface area contributed by atoms with Crippen LogP contribution in [0.5, 0.6) is 0 Å². The summed E-state index contributed by atoms with van der Waals surface area (Å²) in [6.45, 7) is 39.4. The van der Waals surface area contributed by atoms with Gasteiger partial charge in [-0.3, -0.25) is 24.0 Å². The number of carboxylic acid groups (broad SMARTS) is 1. The van der Waals surface area contributed by atoms with Crippen LogP contribution in [-0.2, 0) is 113 Å². The summed E-state index contributed by atoms with van der Waals surface area (Å²) in [5, 5.41) is 46.3. The van der Waals surface area contributed by atoms with Crippen molar-refractivity contribution in [1.29, 1.82) is 5.26 Å². The first-order chi connectivity index (χ1) is 65.2. The first-order valence-electron chi connectivity index (χ1n) is 43.7. The van der Waals surface area contributed by atoms with Gasteiger partial charge >= 0.3 is 99.1 Å². The number of halogens is 4. The van der Waals surface area contributed by atoms with E-state index in [4.69, 9.17) is 54.6 Å². The van der Waals surface area contributed by atoms with Gasteiger partial charge in [0.2, 0.25) is 17.7 Å². The first-order valence-corrected chi connectivity index (χ1v) is 46.5. The minimum Gasteiger partial charge on any atom is -0.870 e. The van der Waals surface area contributed by atoms with E-state index in [0.29, 0.717) is 126 Å². The number of carbonyl (C=O) groups excluding carboxylic acids is 12. The molecular weight excluding hydrogens is 2230 g/mol. The zero-order chi connectivity index (χ0) is 106. The van der Waals surface area contributed by atoms with E-state index in [0.717, 1.165) is 5.56 Å². The number of imidazole rings is 5. The van der Waals surface area contributed by atoms with Crippen LogP contribution in [0.15, 0.2) is 85.5 Å². The Morgan fingerprint density at radius 2 is 0.753 bits per heavy atom. The maximum absolute atomic E-state index is 13.0. The van der Waals surface area contributed by atoms with Crippen molar-refractivity contribution in [3.63, 3.8) is 0 Å². The largest absolute Gasteiger partial charge is 1.00 e. The van der Waals surface area contributed by atoms with E-state index < -0.39 is 101 Å². The molecule has 0 bridgehead atoms. The number of thiol groups is 1. The van der Waals surface area contributed by atoms with Crippen molar-refractivity contribution >= 4 is 183 Å². The second-order valence-electron chi connectivity index (χ2n) is 35.9. The van der Waals surface area contributed by atoms with Crippen molar-refractivity contribution in [1.82, 2.24) is 98.8 Å². The molecule has 5 aliphatic heterocycles. The van der Waals surface area contributed by atoms with Gasteiger partial charge in [0.1, 0.15) is 45.9 Å². The number of carbonyl (C=O) groups is 13. The Morgan fingerprint density at radius 1 is 0.479 bits per heavy atom. The average Bonchev–Trinajstić information content (AvgIpc) is 1.62. The fourth-order valence-electron chi connectivity index (χ4n) is 12.8. The summed E-state index contributed by atoms with van der Waals surface area (Å²) in [5.41, 5.74) is 7.47. The topological polar surface area (TPSA) is 605 Å².